The summed E-state index contributed by atoms with van der Waals surface area (Å²) >= 11 is 3.27. The lowest BCUT2D eigenvalue weighted by molar-refractivity contribution is 0.600. The molecule has 0 atom stereocenters. The largest absolute Gasteiger partial charge is 0.316 e. The number of halogens is 2. The minimum absolute atomic E-state index is 0.131. The maximum absolute atomic E-state index is 12.8. The van der Waals surface area contributed by atoms with E-state index in [2.05, 4.69) is 26.0 Å². The summed E-state index contributed by atoms with van der Waals surface area (Å²) in [6, 6.07) is 10.1. The lowest BCUT2D eigenvalue weighted by Crippen LogP contribution is -2.14. The number of rotatable bonds is 5. The zero-order chi connectivity index (χ0) is 15.5. The van der Waals surface area contributed by atoms with Crippen LogP contribution in [0.5, 0.6) is 0 Å². The molecule has 2 aromatic carbocycles. The summed E-state index contributed by atoms with van der Waals surface area (Å²) in [7, 11) is -1.91. The molecule has 0 spiro atoms. The van der Waals surface area contributed by atoms with Crippen LogP contribution in [-0.4, -0.2) is 15.5 Å². The van der Waals surface area contributed by atoms with E-state index in [4.69, 9.17) is 0 Å². The first-order valence-corrected chi connectivity index (χ1v) is 8.41. The van der Waals surface area contributed by atoms with E-state index in [0.717, 1.165) is 5.56 Å². The molecule has 0 saturated carbocycles. The number of nitrogens with one attached hydrogen (secondary N) is 2. The topological polar surface area (TPSA) is 58.2 Å². The molecule has 0 radical (unpaired) electrons. The van der Waals surface area contributed by atoms with Gasteiger partial charge in [-0.1, -0.05) is 6.07 Å². The van der Waals surface area contributed by atoms with Gasteiger partial charge < -0.3 is 5.32 Å². The summed E-state index contributed by atoms with van der Waals surface area (Å²) in [5, 5.41) is 2.99. The van der Waals surface area contributed by atoms with Crippen LogP contribution in [0.25, 0.3) is 0 Å². The zero-order valence-electron chi connectivity index (χ0n) is 11.2. The lowest BCUT2D eigenvalue weighted by atomic mass is 10.2. The van der Waals surface area contributed by atoms with E-state index in [9.17, 15) is 12.8 Å². The highest BCUT2D eigenvalue weighted by Gasteiger charge is 2.18. The smallest absolute Gasteiger partial charge is 0.263 e. The summed E-state index contributed by atoms with van der Waals surface area (Å²) in [5.74, 6) is -0.421. The molecule has 0 amide bonds. The van der Waals surface area contributed by atoms with Crippen LogP contribution in [0.1, 0.15) is 5.56 Å². The normalized spacial score (nSPS) is 11.4. The van der Waals surface area contributed by atoms with Crippen molar-refractivity contribution >= 4 is 31.6 Å². The predicted octanol–water partition coefficient (Wildman–Crippen LogP) is 3.11. The number of benzene rings is 2. The quantitative estimate of drug-likeness (QED) is 0.847. The first kappa shape index (κ1) is 15.9. The van der Waals surface area contributed by atoms with E-state index in [1.807, 2.05) is 7.05 Å². The molecule has 112 valence electrons. The van der Waals surface area contributed by atoms with Gasteiger partial charge in [-0.3, -0.25) is 4.72 Å². The molecule has 7 heteroatoms. The van der Waals surface area contributed by atoms with E-state index >= 15 is 0 Å². The third kappa shape index (κ3) is 4.03. The summed E-state index contributed by atoms with van der Waals surface area (Å²) in [5.41, 5.74) is 1.27. The molecule has 2 N–H and O–H groups in total. The maximum Gasteiger partial charge on any atom is 0.263 e. The SMILES string of the molecule is CNCc1ccc(S(=O)(=O)Nc2ccc(F)cc2)c(Br)c1. The second-order valence-electron chi connectivity index (χ2n) is 4.41. The zero-order valence-corrected chi connectivity index (χ0v) is 13.6. The fraction of sp³-hybridized carbons (Fsp3) is 0.143. The van der Waals surface area contributed by atoms with Crippen molar-refractivity contribution in [3.8, 4) is 0 Å². The van der Waals surface area contributed by atoms with Crippen molar-refractivity contribution in [3.05, 3.63) is 58.3 Å². The molecule has 0 fully saturated rings. The summed E-state index contributed by atoms with van der Waals surface area (Å²) < 4.78 is 40.4. The Balaban J connectivity index is 2.29. The van der Waals surface area contributed by atoms with Gasteiger partial charge in [0.15, 0.2) is 0 Å². The minimum Gasteiger partial charge on any atom is -0.316 e. The number of hydrogen-bond acceptors (Lipinski definition) is 3. The number of sulfonamides is 1. The van der Waals surface area contributed by atoms with Gasteiger partial charge >= 0.3 is 0 Å². The Morgan fingerprint density at radius 1 is 1.14 bits per heavy atom. The van der Waals surface area contributed by atoms with Gasteiger partial charge in [-0.05, 0) is 64.9 Å². The van der Waals surface area contributed by atoms with Gasteiger partial charge in [0, 0.05) is 16.7 Å². The Labute approximate surface area is 131 Å². The fourth-order valence-electron chi connectivity index (χ4n) is 1.80. The van der Waals surface area contributed by atoms with E-state index in [-0.39, 0.29) is 4.90 Å². The van der Waals surface area contributed by atoms with Crippen LogP contribution in [0.2, 0.25) is 0 Å². The predicted molar refractivity (Wildman–Crippen MR) is 84.1 cm³/mol. The Kier molecular flexibility index (Phi) is 4.97. The van der Waals surface area contributed by atoms with Crippen molar-refractivity contribution in [2.24, 2.45) is 0 Å². The minimum atomic E-state index is -3.73. The van der Waals surface area contributed by atoms with E-state index in [1.165, 1.54) is 30.3 Å². The van der Waals surface area contributed by atoms with Gasteiger partial charge in [0.1, 0.15) is 10.7 Å². The molecule has 0 unspecified atom stereocenters. The van der Waals surface area contributed by atoms with Crippen LogP contribution < -0.4 is 10.0 Å². The Morgan fingerprint density at radius 2 is 1.81 bits per heavy atom. The molecule has 0 heterocycles. The van der Waals surface area contributed by atoms with Gasteiger partial charge in [0.25, 0.3) is 10.0 Å². The van der Waals surface area contributed by atoms with Crippen LogP contribution in [0, 0.1) is 5.82 Å². The molecule has 0 aromatic heterocycles. The molecule has 0 aliphatic heterocycles. The van der Waals surface area contributed by atoms with Crippen molar-refractivity contribution in [2.75, 3.05) is 11.8 Å². The van der Waals surface area contributed by atoms with Gasteiger partial charge in [-0.15, -0.1) is 0 Å². The molecule has 2 rings (SSSR count). The van der Waals surface area contributed by atoms with Crippen LogP contribution in [-0.2, 0) is 16.6 Å². The van der Waals surface area contributed by atoms with Gasteiger partial charge in [-0.2, -0.15) is 0 Å². The molecular weight excluding hydrogens is 359 g/mol. The molecule has 0 saturated heterocycles. The first-order chi connectivity index (χ1) is 9.92. The summed E-state index contributed by atoms with van der Waals surface area (Å²) in [6.07, 6.45) is 0. The van der Waals surface area contributed by atoms with E-state index in [1.54, 1.807) is 12.1 Å². The van der Waals surface area contributed by atoms with Crippen LogP contribution in [0.4, 0.5) is 10.1 Å². The van der Waals surface area contributed by atoms with E-state index in [0.29, 0.717) is 16.7 Å². The van der Waals surface area contributed by atoms with Gasteiger partial charge in [0.2, 0.25) is 0 Å². The number of hydrogen-bond donors (Lipinski definition) is 2. The molecule has 0 bridgehead atoms. The molecule has 21 heavy (non-hydrogen) atoms. The van der Waals surface area contributed by atoms with Crippen LogP contribution in [0.3, 0.4) is 0 Å². The summed E-state index contributed by atoms with van der Waals surface area (Å²) in [6.45, 7) is 0.643. The molecule has 2 aromatic rings. The highest BCUT2D eigenvalue weighted by Crippen LogP contribution is 2.25. The third-order valence-corrected chi connectivity index (χ3v) is 5.12. The van der Waals surface area contributed by atoms with E-state index < -0.39 is 15.8 Å². The van der Waals surface area contributed by atoms with Crippen molar-refractivity contribution in [1.82, 2.24) is 5.32 Å². The fourth-order valence-corrected chi connectivity index (χ4v) is 3.99. The maximum atomic E-state index is 12.8. The molecule has 0 aliphatic carbocycles. The van der Waals surface area contributed by atoms with Gasteiger partial charge in [-0.25, -0.2) is 12.8 Å². The highest BCUT2D eigenvalue weighted by atomic mass is 79.9. The molecular formula is C14H14BrFN2O2S. The van der Waals surface area contributed by atoms with Gasteiger partial charge in [0.05, 0.1) is 0 Å². The molecule has 0 aliphatic rings. The Morgan fingerprint density at radius 3 is 2.38 bits per heavy atom. The monoisotopic (exact) mass is 372 g/mol. The van der Waals surface area contributed by atoms with Crippen molar-refractivity contribution in [1.29, 1.82) is 0 Å². The number of anilines is 1. The van der Waals surface area contributed by atoms with Crippen molar-refractivity contribution in [2.45, 2.75) is 11.4 Å². The first-order valence-electron chi connectivity index (χ1n) is 6.14. The second kappa shape index (κ2) is 6.55. The average Bonchev–Trinajstić information content (AvgIpc) is 2.41. The Hall–Kier alpha value is -1.44. The van der Waals surface area contributed by atoms with Crippen molar-refractivity contribution in [3.63, 3.8) is 0 Å². The van der Waals surface area contributed by atoms with Crippen molar-refractivity contribution < 1.29 is 12.8 Å². The average molecular weight is 373 g/mol. The second-order valence-corrected chi connectivity index (χ2v) is 6.91. The standard InChI is InChI=1S/C14H14BrFN2O2S/c1-17-9-10-2-7-14(13(15)8-10)21(19,20)18-12-5-3-11(16)4-6-12/h2-8,17-18H,9H2,1H3. The third-order valence-electron chi connectivity index (χ3n) is 2.76. The van der Waals surface area contributed by atoms with Crippen LogP contribution >= 0.6 is 15.9 Å². The summed E-state index contributed by atoms with van der Waals surface area (Å²) in [4.78, 5) is 0.131. The highest BCUT2D eigenvalue weighted by molar-refractivity contribution is 9.10. The lowest BCUT2D eigenvalue weighted by Gasteiger charge is -2.11. The van der Waals surface area contributed by atoms with Crippen LogP contribution in [0.15, 0.2) is 51.8 Å². The Bertz CT molecular complexity index is 733. The molecule has 4 nitrogen and oxygen atoms in total.